The van der Waals surface area contributed by atoms with Gasteiger partial charge in [0.25, 0.3) is 5.56 Å². The van der Waals surface area contributed by atoms with Crippen molar-refractivity contribution in [3.05, 3.63) is 68.4 Å². The van der Waals surface area contributed by atoms with Crippen molar-refractivity contribution in [2.45, 2.75) is 38.0 Å². The second-order valence-electron chi connectivity index (χ2n) is 7.32. The maximum atomic E-state index is 13.1. The van der Waals surface area contributed by atoms with E-state index in [-0.39, 0.29) is 17.4 Å². The maximum Gasteiger partial charge on any atom is 0.321 e. The van der Waals surface area contributed by atoms with Crippen LogP contribution in [0.15, 0.2) is 52.4 Å². The van der Waals surface area contributed by atoms with Crippen molar-refractivity contribution in [1.82, 2.24) is 20.2 Å². The van der Waals surface area contributed by atoms with Gasteiger partial charge in [0.1, 0.15) is 0 Å². The molecule has 0 unspecified atom stereocenters. The van der Waals surface area contributed by atoms with Gasteiger partial charge in [-0.05, 0) is 50.1 Å². The van der Waals surface area contributed by atoms with Crippen molar-refractivity contribution in [3.8, 4) is 0 Å². The molecule has 1 aromatic heterocycles. The molecule has 3 rings (SSSR count). The number of imide groups is 1. The van der Waals surface area contributed by atoms with E-state index in [1.807, 2.05) is 6.07 Å². The highest BCUT2D eigenvalue weighted by Crippen LogP contribution is 2.23. The fourth-order valence-electron chi connectivity index (χ4n) is 3.00. The summed E-state index contributed by atoms with van der Waals surface area (Å²) >= 11 is 13.3. The first-order valence-corrected chi connectivity index (χ1v) is 11.7. The van der Waals surface area contributed by atoms with Gasteiger partial charge in [0.15, 0.2) is 5.16 Å². The van der Waals surface area contributed by atoms with Crippen molar-refractivity contribution in [2.75, 3.05) is 5.75 Å². The molecule has 7 nitrogen and oxygen atoms in total. The highest BCUT2D eigenvalue weighted by Gasteiger charge is 2.15. The average molecular weight is 493 g/mol. The number of nitrogens with zero attached hydrogens (tertiary/aromatic N) is 2. The molecule has 0 saturated carbocycles. The molecule has 3 amide bonds. The molecule has 0 radical (unpaired) electrons. The molecule has 3 aromatic rings. The van der Waals surface area contributed by atoms with Gasteiger partial charge in [0.05, 0.1) is 16.7 Å². The zero-order valence-electron chi connectivity index (χ0n) is 17.5. The number of aromatic nitrogens is 2. The number of rotatable bonds is 7. The normalized spacial score (nSPS) is 11.0. The van der Waals surface area contributed by atoms with Crippen LogP contribution in [0.2, 0.25) is 10.0 Å². The number of carbonyl (C=O) groups is 2. The monoisotopic (exact) mass is 492 g/mol. The first kappa shape index (κ1) is 24.1. The van der Waals surface area contributed by atoms with E-state index in [0.717, 1.165) is 17.3 Å². The Morgan fingerprint density at radius 3 is 2.62 bits per heavy atom. The Bertz CT molecular complexity index is 1210. The van der Waals surface area contributed by atoms with E-state index >= 15 is 0 Å². The predicted octanol–water partition coefficient (Wildman–Crippen LogP) is 4.27. The van der Waals surface area contributed by atoms with Crippen LogP contribution in [-0.2, 0) is 17.8 Å². The van der Waals surface area contributed by atoms with E-state index in [1.165, 1.54) is 4.57 Å². The number of para-hydroxylation sites is 1. The van der Waals surface area contributed by atoms with Crippen LogP contribution in [-0.4, -0.2) is 33.3 Å². The molecule has 0 saturated heterocycles. The molecular formula is C22H22Cl2N4O3S. The van der Waals surface area contributed by atoms with Crippen molar-refractivity contribution < 1.29 is 9.59 Å². The lowest BCUT2D eigenvalue weighted by Crippen LogP contribution is -2.43. The van der Waals surface area contributed by atoms with Gasteiger partial charge in [0.2, 0.25) is 5.91 Å². The van der Waals surface area contributed by atoms with Gasteiger partial charge in [-0.15, -0.1) is 0 Å². The highest BCUT2D eigenvalue weighted by molar-refractivity contribution is 7.99. The van der Waals surface area contributed by atoms with Crippen molar-refractivity contribution in [1.29, 1.82) is 0 Å². The fourth-order valence-corrected chi connectivity index (χ4v) is 4.33. The van der Waals surface area contributed by atoms with Crippen LogP contribution in [0, 0.1) is 0 Å². The summed E-state index contributed by atoms with van der Waals surface area (Å²) in [4.78, 5) is 41.6. The Kier molecular flexibility index (Phi) is 8.17. The highest BCUT2D eigenvalue weighted by atomic mass is 35.5. The van der Waals surface area contributed by atoms with Gasteiger partial charge in [-0.25, -0.2) is 9.78 Å². The van der Waals surface area contributed by atoms with Gasteiger partial charge in [-0.2, -0.15) is 0 Å². The summed E-state index contributed by atoms with van der Waals surface area (Å²) in [6, 6.07) is 11.6. The molecule has 2 aromatic carbocycles. The van der Waals surface area contributed by atoms with E-state index in [0.29, 0.717) is 39.1 Å². The molecule has 32 heavy (non-hydrogen) atoms. The minimum absolute atomic E-state index is 0.0714. The van der Waals surface area contributed by atoms with Gasteiger partial charge in [0, 0.05) is 22.6 Å². The zero-order chi connectivity index (χ0) is 23.3. The average Bonchev–Trinajstić information content (AvgIpc) is 2.72. The molecule has 0 bridgehead atoms. The molecule has 0 aliphatic rings. The standard InChI is InChI=1S/C22H22Cl2N4O3S/c1-13(2)25-21(31)27-19(29)12-32-22-26-18-6-4-3-5-16(18)20(30)28(22)10-9-14-7-8-15(23)11-17(14)24/h3-8,11,13H,9-10,12H2,1-2H3,(H2,25,27,29,31). The van der Waals surface area contributed by atoms with Crippen molar-refractivity contribution in [2.24, 2.45) is 0 Å². The second-order valence-corrected chi connectivity index (χ2v) is 9.11. The first-order valence-electron chi connectivity index (χ1n) is 9.91. The molecule has 0 fully saturated rings. The van der Waals surface area contributed by atoms with Crippen molar-refractivity contribution in [3.63, 3.8) is 0 Å². The van der Waals surface area contributed by atoms with Gasteiger partial charge >= 0.3 is 6.03 Å². The summed E-state index contributed by atoms with van der Waals surface area (Å²) in [6.45, 7) is 3.91. The van der Waals surface area contributed by atoms with Gasteiger partial charge in [-0.1, -0.05) is 53.2 Å². The number of amides is 3. The van der Waals surface area contributed by atoms with Crippen LogP contribution in [0.3, 0.4) is 0 Å². The molecule has 168 valence electrons. The quantitative estimate of drug-likeness (QED) is 0.379. The lowest BCUT2D eigenvalue weighted by atomic mass is 10.1. The number of hydrogen-bond acceptors (Lipinski definition) is 5. The summed E-state index contributed by atoms with van der Waals surface area (Å²) in [5, 5.41) is 6.78. The SMILES string of the molecule is CC(C)NC(=O)NC(=O)CSc1nc2ccccc2c(=O)n1CCc1ccc(Cl)cc1Cl. The Hall–Kier alpha value is -2.55. The molecular weight excluding hydrogens is 471 g/mol. The molecule has 10 heteroatoms. The third kappa shape index (κ3) is 6.25. The van der Waals surface area contributed by atoms with E-state index in [2.05, 4.69) is 15.6 Å². The maximum absolute atomic E-state index is 13.1. The summed E-state index contributed by atoms with van der Waals surface area (Å²) in [7, 11) is 0. The number of nitrogens with one attached hydrogen (secondary N) is 2. The number of benzene rings is 2. The fraction of sp³-hybridized carbons (Fsp3) is 0.273. The van der Waals surface area contributed by atoms with Crippen LogP contribution in [0.1, 0.15) is 19.4 Å². The van der Waals surface area contributed by atoms with Crippen LogP contribution in [0.5, 0.6) is 0 Å². The summed E-state index contributed by atoms with van der Waals surface area (Å²) in [5.74, 6) is -0.555. The topological polar surface area (TPSA) is 93.1 Å². The Morgan fingerprint density at radius 1 is 1.16 bits per heavy atom. The van der Waals surface area contributed by atoms with E-state index in [1.54, 1.807) is 50.2 Å². The number of halogens is 2. The van der Waals surface area contributed by atoms with E-state index < -0.39 is 11.9 Å². The first-order chi connectivity index (χ1) is 15.2. The molecule has 0 spiro atoms. The molecule has 0 aliphatic heterocycles. The summed E-state index contributed by atoms with van der Waals surface area (Å²) in [5.41, 5.74) is 1.18. The summed E-state index contributed by atoms with van der Waals surface area (Å²) in [6.07, 6.45) is 0.479. The van der Waals surface area contributed by atoms with Crippen LogP contribution < -0.4 is 16.2 Å². The minimum atomic E-state index is -0.563. The molecule has 0 atom stereocenters. The third-order valence-corrected chi connectivity index (χ3v) is 6.01. The minimum Gasteiger partial charge on any atom is -0.336 e. The smallest absolute Gasteiger partial charge is 0.321 e. The van der Waals surface area contributed by atoms with E-state index in [9.17, 15) is 14.4 Å². The number of fused-ring (bicyclic) bond motifs is 1. The third-order valence-electron chi connectivity index (χ3n) is 4.45. The number of urea groups is 1. The lowest BCUT2D eigenvalue weighted by Gasteiger charge is -2.14. The van der Waals surface area contributed by atoms with Crippen LogP contribution in [0.4, 0.5) is 4.79 Å². The van der Waals surface area contributed by atoms with Gasteiger partial charge in [-0.3, -0.25) is 19.5 Å². The molecule has 0 aliphatic carbocycles. The van der Waals surface area contributed by atoms with Gasteiger partial charge < -0.3 is 5.32 Å². The molecule has 2 N–H and O–H groups in total. The summed E-state index contributed by atoms with van der Waals surface area (Å²) < 4.78 is 1.53. The Morgan fingerprint density at radius 2 is 1.91 bits per heavy atom. The molecule has 1 heterocycles. The lowest BCUT2D eigenvalue weighted by molar-refractivity contribution is -0.117. The van der Waals surface area contributed by atoms with Crippen LogP contribution >= 0.6 is 35.0 Å². The Labute approximate surface area is 199 Å². The number of hydrogen-bond donors (Lipinski definition) is 2. The largest absolute Gasteiger partial charge is 0.336 e. The predicted molar refractivity (Wildman–Crippen MR) is 129 cm³/mol. The number of aryl methyl sites for hydroxylation is 1. The zero-order valence-corrected chi connectivity index (χ0v) is 19.9. The van der Waals surface area contributed by atoms with Crippen LogP contribution in [0.25, 0.3) is 10.9 Å². The Balaban J connectivity index is 1.83. The second kappa shape index (κ2) is 10.8. The number of thioether (sulfide) groups is 1. The van der Waals surface area contributed by atoms with E-state index in [4.69, 9.17) is 23.2 Å². The van der Waals surface area contributed by atoms with Crippen molar-refractivity contribution >= 4 is 57.8 Å². The number of carbonyl (C=O) groups excluding carboxylic acids is 2.